The van der Waals surface area contributed by atoms with Gasteiger partial charge in [0, 0.05) is 43.7 Å². The molecule has 3 N–H and O–H groups in total. The predicted molar refractivity (Wildman–Crippen MR) is 96.3 cm³/mol. The maximum atomic E-state index is 12.4. The monoisotopic (exact) mass is 359 g/mol. The quantitative estimate of drug-likeness (QED) is 0.819. The number of hydrogen-bond acceptors (Lipinski definition) is 6. The van der Waals surface area contributed by atoms with Gasteiger partial charge in [-0.3, -0.25) is 9.59 Å². The van der Waals surface area contributed by atoms with Crippen LogP contribution in [0.25, 0.3) is 0 Å². The zero-order chi connectivity index (χ0) is 17.6. The minimum Gasteiger partial charge on any atom is -0.339 e. The molecule has 2 heterocycles. The number of carbonyl (C=O) groups excluding carboxylic acids is 2. The summed E-state index contributed by atoms with van der Waals surface area (Å²) in [7, 11) is 0. The van der Waals surface area contributed by atoms with E-state index in [1.165, 1.54) is 11.3 Å². The molecule has 0 atom stereocenters. The van der Waals surface area contributed by atoms with E-state index in [-0.39, 0.29) is 11.8 Å². The van der Waals surface area contributed by atoms with Crippen LogP contribution >= 0.6 is 11.3 Å². The standard InChI is InChI=1S/C17H21N5O2S/c18-11-16-21-20-15(25-16)7-6-14(23)19-13-5-3-4-12(10-13)17(24)22-8-1-2-9-22/h3-5,10H,1-2,6-9,11,18H2,(H,19,23). The maximum absolute atomic E-state index is 12.4. The highest BCUT2D eigenvalue weighted by Crippen LogP contribution is 2.17. The first-order valence-corrected chi connectivity index (χ1v) is 9.18. The van der Waals surface area contributed by atoms with Crippen molar-refractivity contribution in [3.8, 4) is 0 Å². The summed E-state index contributed by atoms with van der Waals surface area (Å²) in [5.74, 6) is -0.0907. The largest absolute Gasteiger partial charge is 0.339 e. The second-order valence-electron chi connectivity index (χ2n) is 5.92. The highest BCUT2D eigenvalue weighted by molar-refractivity contribution is 7.11. The van der Waals surface area contributed by atoms with Crippen LogP contribution in [0.4, 0.5) is 5.69 Å². The lowest BCUT2D eigenvalue weighted by Gasteiger charge is -2.15. The molecular weight excluding hydrogens is 338 g/mol. The molecule has 0 unspecified atom stereocenters. The van der Waals surface area contributed by atoms with Crippen LogP contribution in [0.3, 0.4) is 0 Å². The fourth-order valence-electron chi connectivity index (χ4n) is 2.75. The third-order valence-corrected chi connectivity index (χ3v) is 5.04. The normalized spacial score (nSPS) is 13.9. The first kappa shape index (κ1) is 17.5. The molecule has 2 amide bonds. The molecule has 1 aliphatic heterocycles. The number of aryl methyl sites for hydroxylation is 1. The summed E-state index contributed by atoms with van der Waals surface area (Å²) in [4.78, 5) is 26.4. The zero-order valence-corrected chi connectivity index (χ0v) is 14.7. The van der Waals surface area contributed by atoms with Gasteiger partial charge in [-0.1, -0.05) is 6.07 Å². The summed E-state index contributed by atoms with van der Waals surface area (Å²) in [5, 5.41) is 12.3. The van der Waals surface area contributed by atoms with Gasteiger partial charge in [0.1, 0.15) is 10.0 Å². The smallest absolute Gasteiger partial charge is 0.253 e. The fourth-order valence-corrected chi connectivity index (χ4v) is 3.47. The molecule has 0 radical (unpaired) electrons. The van der Waals surface area contributed by atoms with Gasteiger partial charge >= 0.3 is 0 Å². The van der Waals surface area contributed by atoms with Gasteiger partial charge in [-0.05, 0) is 31.0 Å². The summed E-state index contributed by atoms with van der Waals surface area (Å²) in [6.07, 6.45) is 2.94. The minimum absolute atomic E-state index is 0.0248. The fraction of sp³-hybridized carbons (Fsp3) is 0.412. The number of amides is 2. The van der Waals surface area contributed by atoms with Crippen molar-refractivity contribution in [1.82, 2.24) is 15.1 Å². The van der Waals surface area contributed by atoms with E-state index in [4.69, 9.17) is 5.73 Å². The number of hydrogen-bond donors (Lipinski definition) is 2. The molecular formula is C17H21N5O2S. The lowest BCUT2D eigenvalue weighted by atomic mass is 10.1. The number of nitrogens with two attached hydrogens (primary N) is 1. The molecule has 132 valence electrons. The summed E-state index contributed by atoms with van der Waals surface area (Å²) >= 11 is 1.42. The lowest BCUT2D eigenvalue weighted by Crippen LogP contribution is -2.27. The first-order valence-electron chi connectivity index (χ1n) is 8.36. The SMILES string of the molecule is NCc1nnc(CCC(=O)Nc2cccc(C(=O)N3CCCC3)c2)s1. The van der Waals surface area contributed by atoms with Crippen LogP contribution in [0.5, 0.6) is 0 Å². The van der Waals surface area contributed by atoms with Gasteiger partial charge in [-0.25, -0.2) is 0 Å². The molecule has 1 aliphatic rings. The Bertz CT molecular complexity index is 755. The molecule has 1 aromatic heterocycles. The van der Waals surface area contributed by atoms with Crippen molar-refractivity contribution in [2.75, 3.05) is 18.4 Å². The van der Waals surface area contributed by atoms with Gasteiger partial charge in [0.25, 0.3) is 5.91 Å². The summed E-state index contributed by atoms with van der Waals surface area (Å²) in [6, 6.07) is 7.09. The number of aromatic nitrogens is 2. The highest BCUT2D eigenvalue weighted by atomic mass is 32.1. The van der Waals surface area contributed by atoms with Crippen LogP contribution in [0.1, 0.15) is 39.6 Å². The number of benzene rings is 1. The topological polar surface area (TPSA) is 101 Å². The number of rotatable bonds is 6. The third kappa shape index (κ3) is 4.61. The summed E-state index contributed by atoms with van der Waals surface area (Å²) in [6.45, 7) is 1.98. The Morgan fingerprint density at radius 2 is 1.96 bits per heavy atom. The Hall–Kier alpha value is -2.32. The molecule has 1 saturated heterocycles. The molecule has 0 bridgehead atoms. The van der Waals surface area contributed by atoms with Crippen molar-refractivity contribution >= 4 is 28.8 Å². The average Bonchev–Trinajstić information content (AvgIpc) is 3.31. The Morgan fingerprint density at radius 1 is 1.20 bits per heavy atom. The van der Waals surface area contributed by atoms with Gasteiger partial charge in [0.05, 0.1) is 0 Å². The molecule has 0 spiro atoms. The van der Waals surface area contributed by atoms with E-state index in [0.29, 0.717) is 30.6 Å². The minimum atomic E-state index is -0.115. The average molecular weight is 359 g/mol. The van der Waals surface area contributed by atoms with Crippen molar-refractivity contribution in [3.05, 3.63) is 39.8 Å². The van der Waals surface area contributed by atoms with Crippen molar-refractivity contribution in [3.63, 3.8) is 0 Å². The number of nitrogens with zero attached hydrogens (tertiary/aromatic N) is 3. The molecule has 0 saturated carbocycles. The lowest BCUT2D eigenvalue weighted by molar-refractivity contribution is -0.116. The Kier molecular flexibility index (Phi) is 5.72. The van der Waals surface area contributed by atoms with Crippen molar-refractivity contribution in [2.45, 2.75) is 32.2 Å². The van der Waals surface area contributed by atoms with E-state index < -0.39 is 0 Å². The van der Waals surface area contributed by atoms with Crippen LogP contribution in [-0.2, 0) is 17.8 Å². The van der Waals surface area contributed by atoms with Gasteiger partial charge in [-0.15, -0.1) is 21.5 Å². The molecule has 8 heteroatoms. The number of anilines is 1. The van der Waals surface area contributed by atoms with E-state index in [1.54, 1.807) is 24.3 Å². The van der Waals surface area contributed by atoms with Crippen LogP contribution in [0, 0.1) is 0 Å². The first-order chi connectivity index (χ1) is 12.2. The summed E-state index contributed by atoms with van der Waals surface area (Å²) < 4.78 is 0. The number of likely N-dealkylation sites (tertiary alicyclic amines) is 1. The Morgan fingerprint density at radius 3 is 2.68 bits per heavy atom. The van der Waals surface area contributed by atoms with Crippen molar-refractivity contribution in [1.29, 1.82) is 0 Å². The van der Waals surface area contributed by atoms with Gasteiger partial charge in [0.15, 0.2) is 0 Å². The van der Waals surface area contributed by atoms with Gasteiger partial charge in [-0.2, -0.15) is 0 Å². The van der Waals surface area contributed by atoms with Crippen LogP contribution in [-0.4, -0.2) is 40.0 Å². The van der Waals surface area contributed by atoms with E-state index in [0.717, 1.165) is 35.9 Å². The van der Waals surface area contributed by atoms with E-state index in [1.807, 2.05) is 4.90 Å². The zero-order valence-electron chi connectivity index (χ0n) is 13.9. The number of carbonyl (C=O) groups is 2. The van der Waals surface area contributed by atoms with E-state index >= 15 is 0 Å². The van der Waals surface area contributed by atoms with Crippen LogP contribution < -0.4 is 11.1 Å². The Balaban J connectivity index is 1.55. The highest BCUT2D eigenvalue weighted by Gasteiger charge is 2.19. The van der Waals surface area contributed by atoms with Crippen LogP contribution in [0.2, 0.25) is 0 Å². The predicted octanol–water partition coefficient (Wildman–Crippen LogP) is 1.80. The molecule has 0 aliphatic carbocycles. The maximum Gasteiger partial charge on any atom is 0.253 e. The second-order valence-corrected chi connectivity index (χ2v) is 7.07. The van der Waals surface area contributed by atoms with Crippen molar-refractivity contribution < 1.29 is 9.59 Å². The van der Waals surface area contributed by atoms with E-state index in [9.17, 15) is 9.59 Å². The molecule has 25 heavy (non-hydrogen) atoms. The second kappa shape index (κ2) is 8.17. The molecule has 3 rings (SSSR count). The van der Waals surface area contributed by atoms with Crippen molar-refractivity contribution in [2.24, 2.45) is 5.73 Å². The number of nitrogens with one attached hydrogen (secondary N) is 1. The van der Waals surface area contributed by atoms with E-state index in [2.05, 4.69) is 15.5 Å². The van der Waals surface area contributed by atoms with Crippen LogP contribution in [0.15, 0.2) is 24.3 Å². The molecule has 1 fully saturated rings. The van der Waals surface area contributed by atoms with Gasteiger partial charge < -0.3 is 16.0 Å². The molecule has 2 aromatic rings. The molecule has 7 nitrogen and oxygen atoms in total. The molecule has 1 aromatic carbocycles. The summed E-state index contributed by atoms with van der Waals surface area (Å²) in [5.41, 5.74) is 6.74. The Labute approximate surface area is 150 Å². The third-order valence-electron chi connectivity index (χ3n) is 4.04. The van der Waals surface area contributed by atoms with Gasteiger partial charge in [0.2, 0.25) is 5.91 Å².